The van der Waals surface area contributed by atoms with E-state index in [9.17, 15) is 4.79 Å². The highest BCUT2D eigenvalue weighted by atomic mass is 32.1. The molecule has 1 aromatic heterocycles. The van der Waals surface area contributed by atoms with E-state index in [0.29, 0.717) is 12.8 Å². The van der Waals surface area contributed by atoms with Crippen molar-refractivity contribution >= 4 is 27.3 Å². The lowest BCUT2D eigenvalue weighted by Crippen LogP contribution is -2.26. The van der Waals surface area contributed by atoms with Crippen LogP contribution in [0, 0.1) is 0 Å². The van der Waals surface area contributed by atoms with Gasteiger partial charge in [0.1, 0.15) is 5.78 Å². The van der Waals surface area contributed by atoms with Gasteiger partial charge in [0.05, 0.1) is 21.3 Å². The zero-order valence-corrected chi connectivity index (χ0v) is 9.96. The Kier molecular flexibility index (Phi) is 3.31. The number of benzene rings is 1. The van der Waals surface area contributed by atoms with Crippen molar-refractivity contribution < 1.29 is 4.79 Å². The van der Waals surface area contributed by atoms with Gasteiger partial charge in [-0.05, 0) is 19.1 Å². The molecule has 0 saturated heterocycles. The fourth-order valence-corrected chi connectivity index (χ4v) is 2.45. The van der Waals surface area contributed by atoms with Gasteiger partial charge in [-0.25, -0.2) is 4.98 Å². The molecule has 16 heavy (non-hydrogen) atoms. The van der Waals surface area contributed by atoms with E-state index in [2.05, 4.69) is 4.98 Å². The minimum atomic E-state index is -0.366. The molecule has 1 unspecified atom stereocenters. The summed E-state index contributed by atoms with van der Waals surface area (Å²) in [6.07, 6.45) is 1.18. The molecular formula is C12H14N2OS. The topological polar surface area (TPSA) is 56.0 Å². The summed E-state index contributed by atoms with van der Waals surface area (Å²) in [4.78, 5) is 15.9. The third kappa shape index (κ3) is 2.46. The van der Waals surface area contributed by atoms with Crippen LogP contribution in [0.4, 0.5) is 0 Å². The average molecular weight is 234 g/mol. The molecule has 1 atom stereocenters. The minimum absolute atomic E-state index is 0.0965. The third-order valence-corrected chi connectivity index (χ3v) is 3.53. The number of ketones is 1. The summed E-state index contributed by atoms with van der Waals surface area (Å²) < 4.78 is 1.17. The van der Waals surface area contributed by atoms with Gasteiger partial charge in [0, 0.05) is 12.8 Å². The largest absolute Gasteiger partial charge is 0.322 e. The number of para-hydroxylation sites is 1. The van der Waals surface area contributed by atoms with Crippen LogP contribution in [0.2, 0.25) is 0 Å². The molecule has 2 rings (SSSR count). The highest BCUT2D eigenvalue weighted by Gasteiger charge is 2.09. The molecule has 0 aliphatic heterocycles. The van der Waals surface area contributed by atoms with Crippen molar-refractivity contribution in [2.45, 2.75) is 25.8 Å². The molecule has 1 heterocycles. The summed E-state index contributed by atoms with van der Waals surface area (Å²) in [5.41, 5.74) is 6.52. The number of carbonyl (C=O) groups is 1. The maximum atomic E-state index is 11.4. The quantitative estimate of drug-likeness (QED) is 0.881. The van der Waals surface area contributed by atoms with Gasteiger partial charge in [-0.2, -0.15) is 0 Å². The van der Waals surface area contributed by atoms with E-state index in [4.69, 9.17) is 5.73 Å². The molecule has 0 saturated carbocycles. The van der Waals surface area contributed by atoms with Crippen molar-refractivity contribution in [3.63, 3.8) is 0 Å². The summed E-state index contributed by atoms with van der Waals surface area (Å²) in [5, 5.41) is 1.01. The molecule has 4 heteroatoms. The molecule has 3 nitrogen and oxygen atoms in total. The first-order valence-electron chi connectivity index (χ1n) is 5.29. The van der Waals surface area contributed by atoms with Crippen LogP contribution in [-0.2, 0) is 11.2 Å². The average Bonchev–Trinajstić information content (AvgIpc) is 2.68. The van der Waals surface area contributed by atoms with E-state index in [1.807, 2.05) is 24.3 Å². The summed E-state index contributed by atoms with van der Waals surface area (Å²) in [5.74, 6) is 0.0965. The number of thiazole rings is 1. The second kappa shape index (κ2) is 4.72. The Morgan fingerprint density at radius 2 is 2.25 bits per heavy atom. The van der Waals surface area contributed by atoms with Gasteiger partial charge in [0.2, 0.25) is 0 Å². The van der Waals surface area contributed by atoms with Crippen LogP contribution >= 0.6 is 11.3 Å². The number of hydrogen-bond acceptors (Lipinski definition) is 4. The Hall–Kier alpha value is -1.26. The molecule has 0 aliphatic rings. The van der Waals surface area contributed by atoms with Crippen LogP contribution in [-0.4, -0.2) is 16.8 Å². The van der Waals surface area contributed by atoms with Crippen molar-refractivity contribution in [1.82, 2.24) is 4.98 Å². The first-order valence-corrected chi connectivity index (χ1v) is 6.11. The molecule has 2 N–H and O–H groups in total. The van der Waals surface area contributed by atoms with Crippen molar-refractivity contribution in [3.05, 3.63) is 29.3 Å². The molecule has 0 aliphatic carbocycles. The number of nitrogens with zero attached hydrogens (tertiary/aromatic N) is 1. The van der Waals surface area contributed by atoms with Gasteiger partial charge >= 0.3 is 0 Å². The molecule has 0 fully saturated rings. The monoisotopic (exact) mass is 234 g/mol. The Morgan fingerprint density at radius 1 is 1.50 bits per heavy atom. The minimum Gasteiger partial charge on any atom is -0.322 e. The molecule has 0 bridgehead atoms. The van der Waals surface area contributed by atoms with E-state index in [1.54, 1.807) is 18.3 Å². The molecular weight excluding hydrogens is 220 g/mol. The third-order valence-electron chi connectivity index (χ3n) is 2.43. The Morgan fingerprint density at radius 3 is 2.94 bits per heavy atom. The Bertz CT molecular complexity index is 471. The van der Waals surface area contributed by atoms with E-state index < -0.39 is 0 Å². The highest BCUT2D eigenvalue weighted by molar-refractivity contribution is 7.18. The zero-order valence-electron chi connectivity index (χ0n) is 9.14. The zero-order chi connectivity index (χ0) is 11.5. The lowest BCUT2D eigenvalue weighted by molar-refractivity contribution is -0.119. The smallest absolute Gasteiger partial charge is 0.149 e. The summed E-state index contributed by atoms with van der Waals surface area (Å²) in [6.45, 7) is 1.72. The molecule has 1 aromatic carbocycles. The van der Waals surface area contributed by atoms with Crippen LogP contribution < -0.4 is 5.73 Å². The number of aryl methyl sites for hydroxylation is 1. The lowest BCUT2D eigenvalue weighted by atomic mass is 10.1. The molecule has 0 amide bonds. The molecule has 2 aromatic rings. The SMILES string of the molecule is CC(N)C(=O)CCc1nc2ccccc2s1. The number of hydrogen-bond donors (Lipinski definition) is 1. The van der Waals surface area contributed by atoms with Crippen LogP contribution in [0.15, 0.2) is 24.3 Å². The summed E-state index contributed by atoms with van der Waals surface area (Å²) in [6, 6.07) is 7.64. The van der Waals surface area contributed by atoms with Crippen molar-refractivity contribution in [1.29, 1.82) is 0 Å². The number of rotatable bonds is 4. The first kappa shape index (κ1) is 11.2. The van der Waals surface area contributed by atoms with E-state index in [1.165, 1.54) is 4.70 Å². The summed E-state index contributed by atoms with van der Waals surface area (Å²) >= 11 is 1.65. The molecule has 0 spiro atoms. The van der Waals surface area contributed by atoms with Crippen LogP contribution in [0.3, 0.4) is 0 Å². The maximum Gasteiger partial charge on any atom is 0.149 e. The number of carbonyl (C=O) groups excluding carboxylic acids is 1. The predicted octanol–water partition coefficient (Wildman–Crippen LogP) is 2.15. The van der Waals surface area contributed by atoms with Gasteiger partial charge in [-0.1, -0.05) is 12.1 Å². The Balaban J connectivity index is 2.07. The van der Waals surface area contributed by atoms with Crippen LogP contribution in [0.5, 0.6) is 0 Å². The van der Waals surface area contributed by atoms with Crippen molar-refractivity contribution in [2.75, 3.05) is 0 Å². The van der Waals surface area contributed by atoms with Gasteiger partial charge in [0.15, 0.2) is 0 Å². The highest BCUT2D eigenvalue weighted by Crippen LogP contribution is 2.22. The number of Topliss-reactive ketones (excluding diaryl/α,β-unsaturated/α-hetero) is 1. The number of aromatic nitrogens is 1. The fraction of sp³-hybridized carbons (Fsp3) is 0.333. The van der Waals surface area contributed by atoms with Gasteiger partial charge in [0.25, 0.3) is 0 Å². The maximum absolute atomic E-state index is 11.4. The normalized spacial score (nSPS) is 12.9. The second-order valence-electron chi connectivity index (χ2n) is 3.83. The standard InChI is InChI=1S/C12H14N2OS/c1-8(13)10(15)6-7-12-14-9-4-2-3-5-11(9)16-12/h2-5,8H,6-7,13H2,1H3. The second-order valence-corrected chi connectivity index (χ2v) is 4.95. The predicted molar refractivity (Wildman–Crippen MR) is 66.6 cm³/mol. The van der Waals surface area contributed by atoms with Gasteiger partial charge in [-0.3, -0.25) is 4.79 Å². The fourth-order valence-electron chi connectivity index (χ4n) is 1.48. The van der Waals surface area contributed by atoms with Gasteiger partial charge in [-0.15, -0.1) is 11.3 Å². The van der Waals surface area contributed by atoms with Crippen LogP contribution in [0.1, 0.15) is 18.4 Å². The van der Waals surface area contributed by atoms with E-state index in [0.717, 1.165) is 10.5 Å². The lowest BCUT2D eigenvalue weighted by Gasteiger charge is -2.01. The number of fused-ring (bicyclic) bond motifs is 1. The van der Waals surface area contributed by atoms with E-state index in [-0.39, 0.29) is 11.8 Å². The summed E-state index contributed by atoms with van der Waals surface area (Å²) in [7, 11) is 0. The first-order chi connectivity index (χ1) is 7.66. The van der Waals surface area contributed by atoms with Gasteiger partial charge < -0.3 is 5.73 Å². The van der Waals surface area contributed by atoms with Crippen molar-refractivity contribution in [2.24, 2.45) is 5.73 Å². The van der Waals surface area contributed by atoms with Crippen LogP contribution in [0.25, 0.3) is 10.2 Å². The van der Waals surface area contributed by atoms with Crippen molar-refractivity contribution in [3.8, 4) is 0 Å². The van der Waals surface area contributed by atoms with E-state index >= 15 is 0 Å². The number of nitrogens with two attached hydrogens (primary N) is 1. The molecule has 0 radical (unpaired) electrons. The Labute approximate surface area is 98.3 Å². The molecule has 84 valence electrons.